The highest BCUT2D eigenvalue weighted by molar-refractivity contribution is 7.99. The van der Waals surface area contributed by atoms with E-state index in [4.69, 9.17) is 16.9 Å². The van der Waals surface area contributed by atoms with E-state index >= 15 is 0 Å². The lowest BCUT2D eigenvalue weighted by Gasteiger charge is -2.17. The molecule has 0 heterocycles. The highest BCUT2D eigenvalue weighted by Crippen LogP contribution is 2.26. The van der Waals surface area contributed by atoms with E-state index in [0.29, 0.717) is 22.2 Å². The molecule has 0 bridgehead atoms. The topological polar surface area (TPSA) is 85.2 Å². The summed E-state index contributed by atoms with van der Waals surface area (Å²) in [5.74, 6) is -0.203. The van der Waals surface area contributed by atoms with Crippen LogP contribution < -0.4 is 10.6 Å². The molecule has 0 saturated heterocycles. The first-order valence-electron chi connectivity index (χ1n) is 8.11. The Morgan fingerprint density at radius 1 is 1.04 bits per heavy atom. The number of nitrogens with one attached hydrogen (secondary N) is 2. The Morgan fingerprint density at radius 3 is 2.22 bits per heavy atom. The van der Waals surface area contributed by atoms with Crippen molar-refractivity contribution in [1.29, 1.82) is 5.26 Å². The van der Waals surface area contributed by atoms with Crippen molar-refractivity contribution in [1.82, 2.24) is 4.90 Å². The first-order chi connectivity index (χ1) is 13.0. The third kappa shape index (κ3) is 6.94. The standard InChI is InChI=1S/C19H19ClN4O2S/c1-24(12-18(25)22-15-7-3-2-6-14(15)20)13-19(26)23-16-8-4-5-9-17(16)27-11-10-21/h2-9H,11-13H2,1H3,(H,22,25)(H,23,26). The fourth-order valence-electron chi connectivity index (χ4n) is 2.29. The summed E-state index contributed by atoms with van der Waals surface area (Å²) in [6, 6.07) is 16.3. The fraction of sp³-hybridized carbons (Fsp3) is 0.211. The van der Waals surface area contributed by atoms with Crippen molar-refractivity contribution in [2.45, 2.75) is 4.90 Å². The lowest BCUT2D eigenvalue weighted by Crippen LogP contribution is -2.36. The summed E-state index contributed by atoms with van der Waals surface area (Å²) in [6.07, 6.45) is 0. The van der Waals surface area contributed by atoms with Crippen LogP contribution in [-0.2, 0) is 9.59 Å². The molecule has 0 atom stereocenters. The minimum Gasteiger partial charge on any atom is -0.324 e. The van der Waals surface area contributed by atoms with Gasteiger partial charge >= 0.3 is 0 Å². The second-order valence-corrected chi connectivity index (χ2v) is 7.12. The van der Waals surface area contributed by atoms with E-state index in [0.717, 1.165) is 4.90 Å². The highest BCUT2D eigenvalue weighted by atomic mass is 35.5. The second kappa shape index (κ2) is 10.6. The van der Waals surface area contributed by atoms with Crippen LogP contribution in [0.1, 0.15) is 0 Å². The van der Waals surface area contributed by atoms with E-state index in [2.05, 4.69) is 16.7 Å². The average Bonchev–Trinajstić information content (AvgIpc) is 2.62. The zero-order valence-electron chi connectivity index (χ0n) is 14.7. The van der Waals surface area contributed by atoms with E-state index in [9.17, 15) is 9.59 Å². The zero-order chi connectivity index (χ0) is 19.6. The Morgan fingerprint density at radius 2 is 1.59 bits per heavy atom. The molecule has 0 aliphatic heterocycles. The molecule has 6 nitrogen and oxygen atoms in total. The molecule has 140 valence electrons. The molecular weight excluding hydrogens is 384 g/mol. The number of nitriles is 1. The molecular formula is C19H19ClN4O2S. The summed E-state index contributed by atoms with van der Waals surface area (Å²) in [5.41, 5.74) is 1.18. The van der Waals surface area contributed by atoms with Gasteiger partial charge < -0.3 is 10.6 Å². The first kappa shape index (κ1) is 20.8. The third-order valence-corrected chi connectivity index (χ3v) is 4.70. The first-order valence-corrected chi connectivity index (χ1v) is 9.47. The van der Waals surface area contributed by atoms with Gasteiger partial charge in [-0.25, -0.2) is 0 Å². The van der Waals surface area contributed by atoms with Crippen LogP contribution in [0, 0.1) is 11.3 Å². The number of carbonyl (C=O) groups is 2. The Bertz CT molecular complexity index is 854. The van der Waals surface area contributed by atoms with Gasteiger partial charge in [0.25, 0.3) is 0 Å². The van der Waals surface area contributed by atoms with Crippen LogP contribution in [0.25, 0.3) is 0 Å². The van der Waals surface area contributed by atoms with Crippen LogP contribution in [0.15, 0.2) is 53.4 Å². The molecule has 0 fully saturated rings. The summed E-state index contributed by atoms with van der Waals surface area (Å²) in [4.78, 5) is 26.8. The summed E-state index contributed by atoms with van der Waals surface area (Å²) in [7, 11) is 1.68. The number of para-hydroxylation sites is 2. The summed E-state index contributed by atoms with van der Waals surface area (Å²) >= 11 is 7.37. The molecule has 2 aromatic carbocycles. The molecule has 0 aromatic heterocycles. The van der Waals surface area contributed by atoms with Gasteiger partial charge in [-0.05, 0) is 31.3 Å². The number of halogens is 1. The van der Waals surface area contributed by atoms with Crippen molar-refractivity contribution < 1.29 is 9.59 Å². The summed E-state index contributed by atoms with van der Waals surface area (Å²) in [6.45, 7) is 0.0939. The molecule has 2 rings (SSSR count). The predicted molar refractivity (Wildman–Crippen MR) is 109 cm³/mol. The van der Waals surface area contributed by atoms with Gasteiger partial charge in [0, 0.05) is 4.90 Å². The number of carbonyl (C=O) groups excluding carboxylic acids is 2. The quantitative estimate of drug-likeness (QED) is 0.660. The number of thioether (sulfide) groups is 1. The van der Waals surface area contributed by atoms with E-state index in [1.807, 2.05) is 18.2 Å². The number of amides is 2. The average molecular weight is 403 g/mol. The maximum absolute atomic E-state index is 12.3. The molecule has 27 heavy (non-hydrogen) atoms. The monoisotopic (exact) mass is 402 g/mol. The van der Waals surface area contributed by atoms with Crippen molar-refractivity contribution in [3.63, 3.8) is 0 Å². The van der Waals surface area contributed by atoms with Crippen LogP contribution in [0.2, 0.25) is 5.02 Å². The van der Waals surface area contributed by atoms with Crippen LogP contribution in [0.4, 0.5) is 11.4 Å². The Labute approximate surface area is 167 Å². The van der Waals surface area contributed by atoms with Crippen LogP contribution >= 0.6 is 23.4 Å². The third-order valence-electron chi connectivity index (χ3n) is 3.43. The maximum Gasteiger partial charge on any atom is 0.238 e. The molecule has 0 saturated carbocycles. The van der Waals surface area contributed by atoms with Crippen LogP contribution in [-0.4, -0.2) is 42.6 Å². The molecule has 0 spiro atoms. The van der Waals surface area contributed by atoms with E-state index in [1.165, 1.54) is 11.8 Å². The Balaban J connectivity index is 1.86. The molecule has 2 aromatic rings. The van der Waals surface area contributed by atoms with Gasteiger partial charge in [0.15, 0.2) is 0 Å². The van der Waals surface area contributed by atoms with Crippen molar-refractivity contribution in [3.8, 4) is 6.07 Å². The zero-order valence-corrected chi connectivity index (χ0v) is 16.3. The van der Waals surface area contributed by atoms with E-state index in [-0.39, 0.29) is 24.9 Å². The van der Waals surface area contributed by atoms with Crippen molar-refractivity contribution in [2.75, 3.05) is 36.5 Å². The van der Waals surface area contributed by atoms with Crippen molar-refractivity contribution in [3.05, 3.63) is 53.6 Å². The van der Waals surface area contributed by atoms with Crippen LogP contribution in [0.5, 0.6) is 0 Å². The molecule has 2 amide bonds. The minimum atomic E-state index is -0.261. The predicted octanol–water partition coefficient (Wildman–Crippen LogP) is 3.46. The largest absolute Gasteiger partial charge is 0.324 e. The van der Waals surface area contributed by atoms with Gasteiger partial charge in [0.05, 0.1) is 41.3 Å². The normalized spacial score (nSPS) is 10.3. The van der Waals surface area contributed by atoms with Gasteiger partial charge in [0.2, 0.25) is 11.8 Å². The minimum absolute atomic E-state index is 0.0451. The maximum atomic E-state index is 12.3. The van der Waals surface area contributed by atoms with Gasteiger partial charge in [-0.15, -0.1) is 11.8 Å². The molecule has 2 N–H and O–H groups in total. The summed E-state index contributed by atoms with van der Waals surface area (Å²) in [5, 5.41) is 14.7. The number of anilines is 2. The number of rotatable bonds is 8. The molecule has 8 heteroatoms. The van der Waals surface area contributed by atoms with Gasteiger partial charge in [0.1, 0.15) is 0 Å². The second-order valence-electron chi connectivity index (χ2n) is 5.69. The smallest absolute Gasteiger partial charge is 0.238 e. The molecule has 0 aliphatic rings. The number of benzene rings is 2. The lowest BCUT2D eigenvalue weighted by molar-refractivity contribution is -0.119. The number of hydrogen-bond acceptors (Lipinski definition) is 5. The van der Waals surface area contributed by atoms with Crippen molar-refractivity contribution >= 4 is 46.6 Å². The number of likely N-dealkylation sites (N-methyl/N-ethyl adjacent to an activating group) is 1. The van der Waals surface area contributed by atoms with E-state index < -0.39 is 0 Å². The van der Waals surface area contributed by atoms with Gasteiger partial charge in [-0.2, -0.15) is 5.26 Å². The highest BCUT2D eigenvalue weighted by Gasteiger charge is 2.13. The number of hydrogen-bond donors (Lipinski definition) is 2. The molecule has 0 radical (unpaired) electrons. The van der Waals surface area contributed by atoms with Gasteiger partial charge in [-0.1, -0.05) is 35.9 Å². The SMILES string of the molecule is CN(CC(=O)Nc1ccccc1Cl)CC(=O)Nc1ccccc1SCC#N. The van der Waals surface area contributed by atoms with Crippen molar-refractivity contribution in [2.24, 2.45) is 0 Å². The fourth-order valence-corrected chi connectivity index (χ4v) is 3.15. The summed E-state index contributed by atoms with van der Waals surface area (Å²) < 4.78 is 0. The van der Waals surface area contributed by atoms with Crippen LogP contribution in [0.3, 0.4) is 0 Å². The Hall–Kier alpha value is -2.53. The molecule has 0 unspecified atom stereocenters. The molecule has 0 aliphatic carbocycles. The van der Waals surface area contributed by atoms with E-state index in [1.54, 1.807) is 42.3 Å². The Kier molecular flexibility index (Phi) is 8.14. The lowest BCUT2D eigenvalue weighted by atomic mass is 10.3. The number of nitrogens with zero attached hydrogens (tertiary/aromatic N) is 2. The van der Waals surface area contributed by atoms with Gasteiger partial charge in [-0.3, -0.25) is 14.5 Å².